The zero-order valence-corrected chi connectivity index (χ0v) is 13.9. The molecule has 8 heteroatoms. The minimum atomic E-state index is -3.63. The summed E-state index contributed by atoms with van der Waals surface area (Å²) in [6.45, 7) is 2.05. The summed E-state index contributed by atoms with van der Waals surface area (Å²) in [5.74, 6) is 0.631. The Morgan fingerprint density at radius 1 is 1.33 bits per heavy atom. The lowest BCUT2D eigenvalue weighted by molar-refractivity contribution is 0.464. The third kappa shape index (κ3) is 3.58. The van der Waals surface area contributed by atoms with Crippen molar-refractivity contribution in [3.63, 3.8) is 0 Å². The van der Waals surface area contributed by atoms with Gasteiger partial charge in [-0.25, -0.2) is 13.4 Å². The van der Waals surface area contributed by atoms with Crippen molar-refractivity contribution < 1.29 is 8.42 Å². The number of benzene rings is 1. The van der Waals surface area contributed by atoms with Crippen LogP contribution in [0.5, 0.6) is 0 Å². The second-order valence-electron chi connectivity index (χ2n) is 4.54. The van der Waals surface area contributed by atoms with Crippen LogP contribution in [0.4, 0.5) is 0 Å². The molecule has 0 atom stereocenters. The van der Waals surface area contributed by atoms with Gasteiger partial charge in [0.1, 0.15) is 5.82 Å². The molecule has 1 aromatic carbocycles. The molecule has 2 rings (SSSR count). The van der Waals surface area contributed by atoms with E-state index in [2.05, 4.69) is 9.97 Å². The monoisotopic (exact) mass is 347 g/mol. The molecule has 1 N–H and O–H groups in total. The van der Waals surface area contributed by atoms with Gasteiger partial charge in [0.2, 0.25) is 0 Å². The highest BCUT2D eigenvalue weighted by Gasteiger charge is 2.23. The van der Waals surface area contributed by atoms with E-state index in [0.29, 0.717) is 27.9 Å². The third-order valence-electron chi connectivity index (χ3n) is 3.04. The summed E-state index contributed by atoms with van der Waals surface area (Å²) < 4.78 is 26.1. The highest BCUT2D eigenvalue weighted by molar-refractivity contribution is 7.89. The Kier molecular flexibility index (Phi) is 4.93. The van der Waals surface area contributed by atoms with E-state index in [9.17, 15) is 8.42 Å². The maximum Gasteiger partial charge on any atom is 0.260 e. The van der Waals surface area contributed by atoms with Gasteiger partial charge < -0.3 is 4.98 Å². The van der Waals surface area contributed by atoms with E-state index in [1.165, 1.54) is 17.5 Å². The molecule has 0 radical (unpaired) electrons. The van der Waals surface area contributed by atoms with Gasteiger partial charge in [0.05, 0.1) is 6.20 Å². The molecule has 0 fully saturated rings. The number of hydrogen-bond acceptors (Lipinski definition) is 3. The molecular weight excluding hydrogens is 333 g/mol. The van der Waals surface area contributed by atoms with Gasteiger partial charge in [0.15, 0.2) is 5.03 Å². The lowest BCUT2D eigenvalue weighted by Gasteiger charge is -2.16. The van der Waals surface area contributed by atoms with E-state index >= 15 is 0 Å². The topological polar surface area (TPSA) is 66.1 Å². The quantitative estimate of drug-likeness (QED) is 0.903. The maximum absolute atomic E-state index is 12.4. The van der Waals surface area contributed by atoms with E-state index in [0.717, 1.165) is 0 Å². The average Bonchev–Trinajstić information content (AvgIpc) is 2.91. The lowest BCUT2D eigenvalue weighted by Crippen LogP contribution is -2.27. The number of aromatic nitrogens is 2. The standard InChI is InChI=1S/C13H15Cl2N3O2S/c1-3-12-16-7-13(17-12)21(19,20)18(2)8-9-4-5-10(14)6-11(9)15/h4-7H,3,8H2,1-2H3,(H,16,17). The molecule has 1 heterocycles. The first-order chi connectivity index (χ1) is 9.84. The Morgan fingerprint density at radius 2 is 2.05 bits per heavy atom. The molecule has 5 nitrogen and oxygen atoms in total. The van der Waals surface area contributed by atoms with Gasteiger partial charge in [-0.3, -0.25) is 0 Å². The van der Waals surface area contributed by atoms with Gasteiger partial charge in [0.25, 0.3) is 10.0 Å². The van der Waals surface area contributed by atoms with Crippen molar-refractivity contribution in [3.05, 3.63) is 45.8 Å². The van der Waals surface area contributed by atoms with Gasteiger partial charge in [-0.1, -0.05) is 36.2 Å². The fraction of sp³-hybridized carbons (Fsp3) is 0.308. The van der Waals surface area contributed by atoms with E-state index in [1.54, 1.807) is 18.2 Å². The highest BCUT2D eigenvalue weighted by Crippen LogP contribution is 2.23. The van der Waals surface area contributed by atoms with Crippen molar-refractivity contribution in [2.75, 3.05) is 7.05 Å². The number of nitrogens with one attached hydrogen (secondary N) is 1. The summed E-state index contributed by atoms with van der Waals surface area (Å²) in [6.07, 6.45) is 1.97. The zero-order chi connectivity index (χ0) is 15.6. The van der Waals surface area contributed by atoms with Crippen LogP contribution in [-0.2, 0) is 23.0 Å². The summed E-state index contributed by atoms with van der Waals surface area (Å²) in [5.41, 5.74) is 0.683. The number of rotatable bonds is 5. The minimum Gasteiger partial charge on any atom is -0.332 e. The van der Waals surface area contributed by atoms with Crippen molar-refractivity contribution in [2.24, 2.45) is 0 Å². The number of imidazole rings is 1. The summed E-state index contributed by atoms with van der Waals surface area (Å²) in [4.78, 5) is 6.81. The largest absolute Gasteiger partial charge is 0.332 e. The third-order valence-corrected chi connectivity index (χ3v) is 5.34. The Balaban J connectivity index is 2.24. The van der Waals surface area contributed by atoms with Crippen LogP contribution in [-0.4, -0.2) is 29.7 Å². The van der Waals surface area contributed by atoms with Crippen LogP contribution in [0, 0.1) is 0 Å². The summed E-state index contributed by atoms with van der Waals surface area (Å²) >= 11 is 11.9. The van der Waals surface area contributed by atoms with Gasteiger partial charge in [-0.15, -0.1) is 0 Å². The fourth-order valence-corrected chi connectivity index (χ4v) is 3.34. The van der Waals surface area contributed by atoms with Crippen LogP contribution in [0.15, 0.2) is 29.4 Å². The molecule has 0 unspecified atom stereocenters. The Morgan fingerprint density at radius 3 is 2.62 bits per heavy atom. The molecular formula is C13H15Cl2N3O2S. The van der Waals surface area contributed by atoms with Crippen molar-refractivity contribution in [1.82, 2.24) is 14.3 Å². The predicted molar refractivity (Wildman–Crippen MR) is 83.1 cm³/mol. The van der Waals surface area contributed by atoms with Gasteiger partial charge in [-0.2, -0.15) is 4.31 Å². The first-order valence-corrected chi connectivity index (χ1v) is 8.48. The molecule has 2 aromatic rings. The SMILES string of the molecule is CCc1ncc(S(=O)(=O)N(C)Cc2ccc(Cl)cc2Cl)[nH]1. The normalized spacial score (nSPS) is 12.0. The first-order valence-electron chi connectivity index (χ1n) is 6.28. The number of H-pyrrole nitrogens is 1. The number of nitrogens with zero attached hydrogens (tertiary/aromatic N) is 2. The van der Waals surface area contributed by atoms with E-state index in [-0.39, 0.29) is 11.6 Å². The lowest BCUT2D eigenvalue weighted by atomic mass is 10.2. The Hall–Kier alpha value is -1.08. The van der Waals surface area contributed by atoms with E-state index in [4.69, 9.17) is 23.2 Å². The van der Waals surface area contributed by atoms with Crippen molar-refractivity contribution in [3.8, 4) is 0 Å². The molecule has 0 saturated heterocycles. The molecule has 0 amide bonds. The van der Waals surface area contributed by atoms with Crippen LogP contribution in [0.2, 0.25) is 10.0 Å². The summed E-state index contributed by atoms with van der Waals surface area (Å²) in [6, 6.07) is 4.97. The zero-order valence-electron chi connectivity index (χ0n) is 11.6. The molecule has 114 valence electrons. The number of halogens is 2. The van der Waals surface area contributed by atoms with Crippen LogP contribution in [0.25, 0.3) is 0 Å². The summed E-state index contributed by atoms with van der Waals surface area (Å²) in [5, 5.41) is 1.02. The predicted octanol–water partition coefficient (Wildman–Crippen LogP) is 3.10. The van der Waals surface area contributed by atoms with E-state index in [1.807, 2.05) is 6.92 Å². The number of aromatic amines is 1. The van der Waals surface area contributed by atoms with Crippen LogP contribution in [0.1, 0.15) is 18.3 Å². The molecule has 1 aromatic heterocycles. The number of aryl methyl sites for hydroxylation is 1. The summed E-state index contributed by atoms with van der Waals surface area (Å²) in [7, 11) is -2.14. The van der Waals surface area contributed by atoms with Gasteiger partial charge >= 0.3 is 0 Å². The molecule has 0 aliphatic carbocycles. The Bertz CT molecular complexity index is 744. The van der Waals surface area contributed by atoms with E-state index < -0.39 is 10.0 Å². The smallest absolute Gasteiger partial charge is 0.260 e. The molecule has 0 bridgehead atoms. The Labute approximate surface area is 134 Å². The van der Waals surface area contributed by atoms with Gasteiger partial charge in [-0.05, 0) is 17.7 Å². The second kappa shape index (κ2) is 6.36. The van der Waals surface area contributed by atoms with Crippen LogP contribution >= 0.6 is 23.2 Å². The maximum atomic E-state index is 12.4. The number of sulfonamides is 1. The van der Waals surface area contributed by atoms with Crippen molar-refractivity contribution in [1.29, 1.82) is 0 Å². The first kappa shape index (κ1) is 16.3. The molecule has 21 heavy (non-hydrogen) atoms. The van der Waals surface area contributed by atoms with Crippen LogP contribution < -0.4 is 0 Å². The fourth-order valence-electron chi connectivity index (χ4n) is 1.80. The molecule has 0 aliphatic rings. The van der Waals surface area contributed by atoms with Gasteiger partial charge in [0, 0.05) is 30.1 Å². The molecule has 0 aliphatic heterocycles. The van der Waals surface area contributed by atoms with Crippen molar-refractivity contribution in [2.45, 2.75) is 24.9 Å². The number of hydrogen-bond donors (Lipinski definition) is 1. The second-order valence-corrected chi connectivity index (χ2v) is 7.40. The minimum absolute atomic E-state index is 0.0759. The molecule has 0 saturated carbocycles. The average molecular weight is 348 g/mol. The molecule has 0 spiro atoms. The highest BCUT2D eigenvalue weighted by atomic mass is 35.5. The van der Waals surface area contributed by atoms with Crippen molar-refractivity contribution >= 4 is 33.2 Å². The van der Waals surface area contributed by atoms with Crippen LogP contribution in [0.3, 0.4) is 0 Å².